The molecular formula is C14H18ClN3O3S2. The summed E-state index contributed by atoms with van der Waals surface area (Å²) in [5, 5.41) is 1.48. The number of anilines is 1. The number of aromatic nitrogens is 2. The molecule has 0 N–H and O–H groups in total. The van der Waals surface area contributed by atoms with Gasteiger partial charge in [0.25, 0.3) is 0 Å². The second kappa shape index (κ2) is 8.37. The van der Waals surface area contributed by atoms with E-state index in [2.05, 4.69) is 9.97 Å². The molecule has 2 rings (SSSR count). The van der Waals surface area contributed by atoms with Crippen molar-refractivity contribution in [1.29, 1.82) is 0 Å². The van der Waals surface area contributed by atoms with Crippen LogP contribution in [0.25, 0.3) is 10.6 Å². The molecule has 0 saturated heterocycles. The van der Waals surface area contributed by atoms with Crippen LogP contribution in [0.4, 0.5) is 5.00 Å². The van der Waals surface area contributed by atoms with Crippen molar-refractivity contribution in [3.05, 3.63) is 30.7 Å². The second-order valence-electron chi connectivity index (χ2n) is 4.76. The summed E-state index contributed by atoms with van der Waals surface area (Å²) in [4.78, 5) is 22.1. The van der Waals surface area contributed by atoms with Gasteiger partial charge in [-0.05, 0) is 19.1 Å². The molecule has 126 valence electrons. The smallest absolute Gasteiger partial charge is 0.228 e. The van der Waals surface area contributed by atoms with Crippen molar-refractivity contribution in [1.82, 2.24) is 9.97 Å². The van der Waals surface area contributed by atoms with E-state index in [1.54, 1.807) is 23.5 Å². The fourth-order valence-electron chi connectivity index (χ4n) is 1.88. The predicted molar refractivity (Wildman–Crippen MR) is 94.9 cm³/mol. The fourth-order valence-corrected chi connectivity index (χ4v) is 3.41. The number of carbonyl (C=O) groups is 1. The number of hydrogen-bond donors (Lipinski definition) is 0. The summed E-state index contributed by atoms with van der Waals surface area (Å²) < 4.78 is 22.4. The minimum absolute atomic E-state index is 0. The van der Waals surface area contributed by atoms with Crippen LogP contribution in [-0.2, 0) is 14.6 Å². The minimum Gasteiger partial charge on any atom is -0.303 e. The molecule has 1 amide bonds. The van der Waals surface area contributed by atoms with Gasteiger partial charge in [0.2, 0.25) is 5.91 Å². The highest BCUT2D eigenvalue weighted by Crippen LogP contribution is 2.30. The first-order valence-electron chi connectivity index (χ1n) is 6.75. The van der Waals surface area contributed by atoms with Crippen molar-refractivity contribution < 1.29 is 13.2 Å². The van der Waals surface area contributed by atoms with E-state index in [4.69, 9.17) is 0 Å². The van der Waals surface area contributed by atoms with Crippen molar-refractivity contribution in [2.24, 2.45) is 0 Å². The number of thiazole rings is 1. The number of halogens is 1. The highest BCUT2D eigenvalue weighted by molar-refractivity contribution is 7.90. The fraction of sp³-hybridized carbons (Fsp3) is 0.357. The van der Waals surface area contributed by atoms with Crippen molar-refractivity contribution in [2.45, 2.75) is 13.3 Å². The third-order valence-electron chi connectivity index (χ3n) is 2.97. The van der Waals surface area contributed by atoms with Crippen LogP contribution in [0.15, 0.2) is 30.7 Å². The third-order valence-corrected chi connectivity index (χ3v) is 4.99. The van der Waals surface area contributed by atoms with Crippen molar-refractivity contribution >= 4 is 44.5 Å². The molecule has 0 fully saturated rings. The zero-order valence-electron chi connectivity index (χ0n) is 12.8. The number of sulfone groups is 1. The zero-order chi connectivity index (χ0) is 16.2. The molecule has 0 aliphatic carbocycles. The van der Waals surface area contributed by atoms with Gasteiger partial charge >= 0.3 is 0 Å². The van der Waals surface area contributed by atoms with Gasteiger partial charge in [-0.15, -0.1) is 12.4 Å². The number of nitrogens with zero attached hydrogens (tertiary/aromatic N) is 3. The van der Waals surface area contributed by atoms with Crippen LogP contribution in [0, 0.1) is 0 Å². The van der Waals surface area contributed by atoms with Crippen LogP contribution in [-0.4, -0.2) is 42.8 Å². The summed E-state index contributed by atoms with van der Waals surface area (Å²) in [6, 6.07) is 3.72. The van der Waals surface area contributed by atoms with Gasteiger partial charge in [-0.25, -0.2) is 13.4 Å². The quantitative estimate of drug-likeness (QED) is 0.774. The Hall–Kier alpha value is -1.51. The van der Waals surface area contributed by atoms with Gasteiger partial charge in [0.05, 0.1) is 11.9 Å². The number of hydrogen-bond acceptors (Lipinski definition) is 6. The standard InChI is InChI=1S/C14H17N3O3S2.ClH/c1-3-17(12(18)6-8-22(2,19)20)13-10-16-14(21-13)11-5-4-7-15-9-11;/h4-5,7,9-10H,3,6,8H2,1-2H3;1H. The van der Waals surface area contributed by atoms with Crippen LogP contribution in [0.5, 0.6) is 0 Å². The molecule has 0 radical (unpaired) electrons. The highest BCUT2D eigenvalue weighted by Gasteiger charge is 2.18. The maximum absolute atomic E-state index is 12.2. The van der Waals surface area contributed by atoms with Crippen LogP contribution >= 0.6 is 23.7 Å². The lowest BCUT2D eigenvalue weighted by Crippen LogP contribution is -2.31. The maximum Gasteiger partial charge on any atom is 0.228 e. The molecule has 0 aliphatic rings. The van der Waals surface area contributed by atoms with Gasteiger partial charge in [0.15, 0.2) is 0 Å². The average Bonchev–Trinajstić information content (AvgIpc) is 2.96. The van der Waals surface area contributed by atoms with Crippen molar-refractivity contribution in [3.63, 3.8) is 0 Å². The molecule has 0 spiro atoms. The Morgan fingerprint density at radius 1 is 1.35 bits per heavy atom. The molecule has 0 bridgehead atoms. The summed E-state index contributed by atoms with van der Waals surface area (Å²) in [5.74, 6) is -0.356. The molecule has 0 aliphatic heterocycles. The number of amides is 1. The van der Waals surface area contributed by atoms with Crippen LogP contribution < -0.4 is 4.90 Å². The lowest BCUT2D eigenvalue weighted by Gasteiger charge is -2.18. The molecule has 6 nitrogen and oxygen atoms in total. The first kappa shape index (κ1) is 19.5. The summed E-state index contributed by atoms with van der Waals surface area (Å²) in [6.07, 6.45) is 6.14. The zero-order valence-corrected chi connectivity index (χ0v) is 15.2. The number of rotatable bonds is 6. The second-order valence-corrected chi connectivity index (χ2v) is 8.03. The lowest BCUT2D eigenvalue weighted by atomic mass is 10.3. The highest BCUT2D eigenvalue weighted by atomic mass is 35.5. The molecule has 0 unspecified atom stereocenters. The van der Waals surface area contributed by atoms with E-state index < -0.39 is 9.84 Å². The Morgan fingerprint density at radius 3 is 2.65 bits per heavy atom. The Bertz CT molecular complexity index is 748. The van der Waals surface area contributed by atoms with E-state index in [1.165, 1.54) is 11.3 Å². The van der Waals surface area contributed by atoms with Gasteiger partial charge in [0.1, 0.15) is 19.8 Å². The van der Waals surface area contributed by atoms with Crippen molar-refractivity contribution in [2.75, 3.05) is 23.5 Å². The first-order valence-corrected chi connectivity index (χ1v) is 9.62. The summed E-state index contributed by atoms with van der Waals surface area (Å²) >= 11 is 1.38. The van der Waals surface area contributed by atoms with Crippen molar-refractivity contribution in [3.8, 4) is 10.6 Å². The molecule has 0 saturated carbocycles. The van der Waals surface area contributed by atoms with Gasteiger partial charge in [-0.1, -0.05) is 11.3 Å². The van der Waals surface area contributed by atoms with E-state index in [0.717, 1.165) is 16.8 Å². The molecule has 2 aromatic heterocycles. The molecule has 0 aromatic carbocycles. The molecule has 23 heavy (non-hydrogen) atoms. The number of pyridine rings is 1. The van der Waals surface area contributed by atoms with Crippen LogP contribution in [0.3, 0.4) is 0 Å². The van der Waals surface area contributed by atoms with E-state index in [-0.39, 0.29) is 30.5 Å². The molecule has 9 heteroatoms. The van der Waals surface area contributed by atoms with E-state index >= 15 is 0 Å². The van der Waals surface area contributed by atoms with Gasteiger partial charge in [-0.2, -0.15) is 0 Å². The molecular weight excluding hydrogens is 358 g/mol. The summed E-state index contributed by atoms with van der Waals surface area (Å²) in [6.45, 7) is 2.32. The maximum atomic E-state index is 12.2. The van der Waals surface area contributed by atoms with E-state index in [0.29, 0.717) is 11.5 Å². The third kappa shape index (κ3) is 5.56. The summed E-state index contributed by atoms with van der Waals surface area (Å²) in [5.41, 5.74) is 0.887. The van der Waals surface area contributed by atoms with E-state index in [9.17, 15) is 13.2 Å². The van der Waals surface area contributed by atoms with Gasteiger partial charge in [0, 0.05) is 37.2 Å². The Balaban J connectivity index is 0.00000264. The molecule has 0 atom stereocenters. The predicted octanol–water partition coefficient (Wildman–Crippen LogP) is 2.41. The van der Waals surface area contributed by atoms with E-state index in [1.807, 2.05) is 19.1 Å². The lowest BCUT2D eigenvalue weighted by molar-refractivity contribution is -0.118. The Morgan fingerprint density at radius 2 is 2.09 bits per heavy atom. The van der Waals surface area contributed by atoms with Gasteiger partial charge in [-0.3, -0.25) is 9.78 Å². The first-order chi connectivity index (χ1) is 10.4. The average molecular weight is 376 g/mol. The van der Waals surface area contributed by atoms with Crippen LogP contribution in [0.1, 0.15) is 13.3 Å². The molecule has 2 aromatic rings. The Labute approximate surface area is 145 Å². The Kier molecular flexibility index (Phi) is 7.11. The van der Waals surface area contributed by atoms with Gasteiger partial charge < -0.3 is 4.90 Å². The van der Waals surface area contributed by atoms with Crippen LogP contribution in [0.2, 0.25) is 0 Å². The molecule has 2 heterocycles. The minimum atomic E-state index is -3.15. The SMILES string of the molecule is CCN(C(=O)CCS(C)(=O)=O)c1cnc(-c2cccnc2)s1.Cl. The largest absolute Gasteiger partial charge is 0.303 e. The monoisotopic (exact) mass is 375 g/mol. The number of carbonyl (C=O) groups excluding carboxylic acids is 1. The normalized spacial score (nSPS) is 10.9. The summed E-state index contributed by atoms with van der Waals surface area (Å²) in [7, 11) is -3.15. The topological polar surface area (TPSA) is 80.2 Å².